The van der Waals surface area contributed by atoms with Crippen molar-refractivity contribution in [1.29, 1.82) is 0 Å². The van der Waals surface area contributed by atoms with Crippen molar-refractivity contribution in [1.82, 2.24) is 19.8 Å². The van der Waals surface area contributed by atoms with Crippen molar-refractivity contribution in [2.75, 3.05) is 39.0 Å². The second-order valence-corrected chi connectivity index (χ2v) is 10.7. The van der Waals surface area contributed by atoms with Crippen molar-refractivity contribution in [2.45, 2.75) is 24.8 Å². The Hall–Kier alpha value is -3.50. The van der Waals surface area contributed by atoms with Gasteiger partial charge in [-0.15, -0.1) is 0 Å². The lowest BCUT2D eigenvalue weighted by atomic mass is 10.00. The first-order valence-electron chi connectivity index (χ1n) is 11.2. The summed E-state index contributed by atoms with van der Waals surface area (Å²) in [6.07, 6.45) is -0.423. The van der Waals surface area contributed by atoms with Gasteiger partial charge in [0.25, 0.3) is 15.9 Å². The number of nitrogens with zero attached hydrogens (tertiary/aromatic N) is 4. The van der Waals surface area contributed by atoms with Gasteiger partial charge in [0.1, 0.15) is 6.10 Å². The van der Waals surface area contributed by atoms with Crippen LogP contribution >= 0.6 is 0 Å². The summed E-state index contributed by atoms with van der Waals surface area (Å²) < 4.78 is 35.1. The van der Waals surface area contributed by atoms with Gasteiger partial charge in [-0.1, -0.05) is 24.3 Å². The van der Waals surface area contributed by atoms with Crippen molar-refractivity contribution >= 4 is 21.9 Å². The van der Waals surface area contributed by atoms with Crippen LogP contribution in [0.3, 0.4) is 0 Å². The quantitative estimate of drug-likeness (QED) is 0.596. The maximum atomic E-state index is 13.2. The minimum absolute atomic E-state index is 0.0515. The van der Waals surface area contributed by atoms with Gasteiger partial charge in [0.15, 0.2) is 0 Å². The summed E-state index contributed by atoms with van der Waals surface area (Å²) in [5, 5.41) is 0. The van der Waals surface area contributed by atoms with E-state index in [1.54, 1.807) is 25.2 Å². The Bertz CT molecular complexity index is 1350. The highest BCUT2D eigenvalue weighted by atomic mass is 32.2. The number of hydrogen-bond acceptors (Lipinski definition) is 7. The molecule has 1 aromatic heterocycles. The van der Waals surface area contributed by atoms with Crippen molar-refractivity contribution in [3.05, 3.63) is 65.2 Å². The predicted octanol–water partition coefficient (Wildman–Crippen LogP) is 2.96. The normalized spacial score (nSPS) is 17.6. The molecule has 1 amide bonds. The van der Waals surface area contributed by atoms with Gasteiger partial charge >= 0.3 is 0 Å². The Kier molecular flexibility index (Phi) is 6.77. The average molecular weight is 496 g/mol. The summed E-state index contributed by atoms with van der Waals surface area (Å²) >= 11 is 0. The average Bonchev–Trinajstić information content (AvgIpc) is 2.77. The number of sulfonamides is 1. The number of anilines is 1. The van der Waals surface area contributed by atoms with Gasteiger partial charge in [-0.2, -0.15) is 4.98 Å². The number of carbonyl (C=O) groups is 1. The van der Waals surface area contributed by atoms with Crippen molar-refractivity contribution in [3.8, 4) is 17.1 Å². The van der Waals surface area contributed by atoms with Gasteiger partial charge in [0.2, 0.25) is 11.8 Å². The Labute approximate surface area is 205 Å². The minimum Gasteiger partial charge on any atom is -0.471 e. The molecule has 0 saturated carbocycles. The monoisotopic (exact) mass is 495 g/mol. The van der Waals surface area contributed by atoms with Crippen LogP contribution in [0.2, 0.25) is 0 Å². The molecule has 0 unspecified atom stereocenters. The van der Waals surface area contributed by atoms with Gasteiger partial charge in [0, 0.05) is 30.8 Å². The van der Waals surface area contributed by atoms with E-state index in [9.17, 15) is 13.2 Å². The molecule has 10 heteroatoms. The van der Waals surface area contributed by atoms with Crippen molar-refractivity contribution < 1.29 is 17.9 Å². The lowest BCUT2D eigenvalue weighted by Gasteiger charge is -2.27. The van der Waals surface area contributed by atoms with Crippen molar-refractivity contribution in [3.63, 3.8) is 0 Å². The maximum absolute atomic E-state index is 13.2. The molecule has 1 aliphatic rings. The first-order chi connectivity index (χ1) is 16.5. The molecule has 0 aliphatic carbocycles. The fraction of sp³-hybridized carbons (Fsp3) is 0.320. The van der Waals surface area contributed by atoms with E-state index < -0.39 is 16.1 Å². The maximum Gasteiger partial charge on any atom is 0.264 e. The number of benzene rings is 2. The van der Waals surface area contributed by atoms with Gasteiger partial charge < -0.3 is 14.5 Å². The van der Waals surface area contributed by atoms with Crippen molar-refractivity contribution in [2.24, 2.45) is 0 Å². The number of aryl methyl sites for hydroxylation is 2. The molecule has 0 radical (unpaired) electrons. The Morgan fingerprint density at radius 1 is 1.09 bits per heavy atom. The fourth-order valence-electron chi connectivity index (χ4n) is 4.17. The third kappa shape index (κ3) is 5.44. The van der Waals surface area contributed by atoms with Gasteiger partial charge in [-0.05, 0) is 57.3 Å². The molecular weight excluding hydrogens is 466 g/mol. The molecule has 35 heavy (non-hydrogen) atoms. The zero-order valence-electron chi connectivity index (χ0n) is 20.4. The molecule has 0 saturated heterocycles. The lowest BCUT2D eigenvalue weighted by molar-refractivity contribution is 0.0672. The van der Waals surface area contributed by atoms with Crippen LogP contribution in [0.5, 0.6) is 5.88 Å². The lowest BCUT2D eigenvalue weighted by Crippen LogP contribution is -2.42. The van der Waals surface area contributed by atoms with Crippen LogP contribution in [-0.4, -0.2) is 74.4 Å². The van der Waals surface area contributed by atoms with E-state index in [4.69, 9.17) is 4.74 Å². The van der Waals surface area contributed by atoms with E-state index in [1.165, 1.54) is 17.0 Å². The van der Waals surface area contributed by atoms with Crippen LogP contribution in [0, 0.1) is 13.8 Å². The molecular formula is C25H29N5O4S. The number of aromatic nitrogens is 2. The highest BCUT2D eigenvalue weighted by Crippen LogP contribution is 2.30. The summed E-state index contributed by atoms with van der Waals surface area (Å²) in [5.41, 5.74) is 3.67. The van der Waals surface area contributed by atoms with E-state index in [2.05, 4.69) is 14.7 Å². The highest BCUT2D eigenvalue weighted by Gasteiger charge is 2.25. The van der Waals surface area contributed by atoms with E-state index in [0.717, 1.165) is 16.7 Å². The number of rotatable bonds is 3. The number of ether oxygens (including phenoxy) is 1. The summed E-state index contributed by atoms with van der Waals surface area (Å²) in [6.45, 7) is 4.73. The predicted molar refractivity (Wildman–Crippen MR) is 134 cm³/mol. The number of hydrogen-bond donors (Lipinski definition) is 1. The number of carbonyl (C=O) groups excluding carboxylic acids is 1. The second-order valence-electron chi connectivity index (χ2n) is 9.00. The minimum atomic E-state index is -4.06. The SMILES string of the molecule is Cc1cccc(C)c1-c1cc2nc(n1)NS(=O)(=O)c1cccc(c1)C(=O)N(C)C[C@@H](CN(C)C)O2. The first-order valence-corrected chi connectivity index (χ1v) is 12.7. The van der Waals surface area contributed by atoms with Gasteiger partial charge in [-0.25, -0.2) is 18.1 Å². The smallest absolute Gasteiger partial charge is 0.264 e. The molecule has 4 rings (SSSR count). The van der Waals surface area contributed by atoms with E-state index in [0.29, 0.717) is 12.2 Å². The molecule has 1 aliphatic heterocycles. The molecule has 2 aromatic carbocycles. The Morgan fingerprint density at radius 2 is 1.77 bits per heavy atom. The number of fused-ring (bicyclic) bond motifs is 4. The van der Waals surface area contributed by atoms with Crippen LogP contribution in [-0.2, 0) is 10.0 Å². The molecule has 1 N–H and O–H groups in total. The van der Waals surface area contributed by atoms with E-state index in [1.807, 2.05) is 51.0 Å². The summed E-state index contributed by atoms with van der Waals surface area (Å²) in [5.74, 6) is -0.190. The van der Waals surface area contributed by atoms with Gasteiger partial charge in [-0.3, -0.25) is 4.79 Å². The van der Waals surface area contributed by atoms with E-state index >= 15 is 0 Å². The molecule has 0 spiro atoms. The summed E-state index contributed by atoms with van der Waals surface area (Å²) in [7, 11) is 1.44. The third-order valence-electron chi connectivity index (χ3n) is 5.74. The molecule has 184 valence electrons. The first kappa shape index (κ1) is 24.6. The Morgan fingerprint density at radius 3 is 2.46 bits per heavy atom. The molecule has 4 bridgehead atoms. The molecule has 0 fully saturated rings. The zero-order chi connectivity index (χ0) is 25.3. The summed E-state index contributed by atoms with van der Waals surface area (Å²) in [6, 6.07) is 13.5. The third-order valence-corrected chi connectivity index (χ3v) is 7.06. The zero-order valence-corrected chi connectivity index (χ0v) is 21.3. The topological polar surface area (TPSA) is 105 Å². The Balaban J connectivity index is 1.90. The standard InChI is InChI=1S/C25H29N5O4S/c1-16-8-6-9-17(2)23(16)21-13-22-27-25(26-21)28-35(32,33)20-11-7-10-18(12-20)24(31)30(5)15-19(34-22)14-29(3)4/h6-13,19H,14-15H2,1-5H3,(H,26,27,28)/t19-/m1/s1. The van der Waals surface area contributed by atoms with Crippen LogP contribution in [0.25, 0.3) is 11.3 Å². The van der Waals surface area contributed by atoms with Crippen LogP contribution in [0.4, 0.5) is 5.95 Å². The number of likely N-dealkylation sites (N-methyl/N-ethyl adjacent to an activating group) is 2. The second kappa shape index (κ2) is 9.63. The molecule has 2 heterocycles. The number of amides is 1. The van der Waals surface area contributed by atoms with Crippen LogP contribution in [0.1, 0.15) is 21.5 Å². The molecule has 1 atom stereocenters. The molecule has 3 aromatic rings. The summed E-state index contributed by atoms with van der Waals surface area (Å²) in [4.78, 5) is 25.4. The van der Waals surface area contributed by atoms with Gasteiger partial charge in [0.05, 0.1) is 17.1 Å². The van der Waals surface area contributed by atoms with Crippen LogP contribution < -0.4 is 9.46 Å². The fourth-order valence-corrected chi connectivity index (χ4v) is 5.16. The largest absolute Gasteiger partial charge is 0.471 e. The number of nitrogens with one attached hydrogen (secondary N) is 1. The van der Waals surface area contributed by atoms with E-state index in [-0.39, 0.29) is 34.7 Å². The molecule has 9 nitrogen and oxygen atoms in total. The van der Waals surface area contributed by atoms with Crippen LogP contribution in [0.15, 0.2) is 53.4 Å². The highest BCUT2D eigenvalue weighted by molar-refractivity contribution is 7.92.